The van der Waals surface area contributed by atoms with E-state index in [2.05, 4.69) is 10.1 Å². The van der Waals surface area contributed by atoms with Gasteiger partial charge in [0.2, 0.25) is 0 Å². The second-order valence-electron chi connectivity index (χ2n) is 3.39. The molecule has 0 saturated carbocycles. The van der Waals surface area contributed by atoms with Gasteiger partial charge in [-0.1, -0.05) is 0 Å². The molecule has 0 radical (unpaired) electrons. The van der Waals surface area contributed by atoms with Gasteiger partial charge in [-0.25, -0.2) is 0 Å². The first kappa shape index (κ1) is 14.6. The summed E-state index contributed by atoms with van der Waals surface area (Å²) in [7, 11) is 1.82. The molecule has 0 aromatic rings. The van der Waals surface area contributed by atoms with E-state index in [1.54, 1.807) is 0 Å². The Hall–Kier alpha value is -0.900. The molecule has 0 atom stereocenters. The standard InChI is InChI=1S/C5H10O2.C4H9NO/c1-5(2,3)7-4-6;1-5-3-2-4-6/h4H,1-3H3;4-5H,2-3H2,1H3. The van der Waals surface area contributed by atoms with Gasteiger partial charge >= 0.3 is 0 Å². The topological polar surface area (TPSA) is 55.4 Å². The molecule has 4 heteroatoms. The van der Waals surface area contributed by atoms with E-state index in [-0.39, 0.29) is 5.60 Å². The Morgan fingerprint density at radius 3 is 1.92 bits per heavy atom. The smallest absolute Gasteiger partial charge is 0.293 e. The average Bonchev–Trinajstić information content (AvgIpc) is 1.99. The number of rotatable bonds is 4. The lowest BCUT2D eigenvalue weighted by Gasteiger charge is -2.14. The molecule has 78 valence electrons. The van der Waals surface area contributed by atoms with Crippen LogP contribution in [0, 0.1) is 0 Å². The summed E-state index contributed by atoms with van der Waals surface area (Å²) in [5.74, 6) is 0. The van der Waals surface area contributed by atoms with Crippen molar-refractivity contribution in [1.29, 1.82) is 0 Å². The highest BCUT2D eigenvalue weighted by Gasteiger charge is 2.07. The molecule has 0 fully saturated rings. The number of aldehydes is 1. The van der Waals surface area contributed by atoms with Crippen molar-refractivity contribution in [3.05, 3.63) is 0 Å². The van der Waals surface area contributed by atoms with Gasteiger partial charge in [-0.05, 0) is 27.8 Å². The number of ether oxygens (including phenoxy) is 1. The third-order valence-electron chi connectivity index (χ3n) is 0.914. The maximum absolute atomic E-state index is 9.60. The second kappa shape index (κ2) is 9.19. The molecule has 0 aliphatic rings. The summed E-state index contributed by atoms with van der Waals surface area (Å²) >= 11 is 0. The van der Waals surface area contributed by atoms with Gasteiger partial charge in [0.25, 0.3) is 6.47 Å². The Morgan fingerprint density at radius 1 is 1.31 bits per heavy atom. The van der Waals surface area contributed by atoms with Gasteiger partial charge in [0, 0.05) is 13.0 Å². The van der Waals surface area contributed by atoms with Crippen molar-refractivity contribution >= 4 is 12.8 Å². The van der Waals surface area contributed by atoms with Crippen LogP contribution < -0.4 is 5.32 Å². The average molecular weight is 189 g/mol. The van der Waals surface area contributed by atoms with E-state index in [1.165, 1.54) is 0 Å². The van der Waals surface area contributed by atoms with Crippen LogP contribution in [-0.2, 0) is 14.3 Å². The van der Waals surface area contributed by atoms with Crippen molar-refractivity contribution in [2.45, 2.75) is 32.8 Å². The van der Waals surface area contributed by atoms with Crippen LogP contribution in [0.3, 0.4) is 0 Å². The van der Waals surface area contributed by atoms with Gasteiger partial charge < -0.3 is 14.8 Å². The molecule has 0 bridgehead atoms. The van der Waals surface area contributed by atoms with E-state index in [0.29, 0.717) is 12.9 Å². The van der Waals surface area contributed by atoms with E-state index >= 15 is 0 Å². The molecule has 13 heavy (non-hydrogen) atoms. The first-order valence-electron chi connectivity index (χ1n) is 4.17. The predicted octanol–water partition coefficient (Wildman–Crippen LogP) is 0.753. The summed E-state index contributed by atoms with van der Waals surface area (Å²) in [6.45, 7) is 6.72. The zero-order chi connectivity index (χ0) is 10.7. The van der Waals surface area contributed by atoms with E-state index < -0.39 is 0 Å². The van der Waals surface area contributed by atoms with Gasteiger partial charge in [0.1, 0.15) is 11.9 Å². The van der Waals surface area contributed by atoms with Crippen LogP contribution in [0.25, 0.3) is 0 Å². The Balaban J connectivity index is 0. The van der Waals surface area contributed by atoms with Crippen LogP contribution >= 0.6 is 0 Å². The number of nitrogens with one attached hydrogen (secondary N) is 1. The summed E-state index contributed by atoms with van der Waals surface area (Å²) in [6, 6.07) is 0. The summed E-state index contributed by atoms with van der Waals surface area (Å²) in [5, 5.41) is 2.84. The third kappa shape index (κ3) is 24.7. The largest absolute Gasteiger partial charge is 0.462 e. The van der Waals surface area contributed by atoms with Gasteiger partial charge in [-0.3, -0.25) is 4.79 Å². The van der Waals surface area contributed by atoms with Crippen LogP contribution in [0.1, 0.15) is 27.2 Å². The van der Waals surface area contributed by atoms with Gasteiger partial charge in [-0.15, -0.1) is 0 Å². The zero-order valence-corrected chi connectivity index (χ0v) is 8.79. The highest BCUT2D eigenvalue weighted by atomic mass is 16.5. The van der Waals surface area contributed by atoms with Crippen molar-refractivity contribution in [2.24, 2.45) is 0 Å². The zero-order valence-electron chi connectivity index (χ0n) is 8.79. The van der Waals surface area contributed by atoms with Gasteiger partial charge in [-0.2, -0.15) is 0 Å². The molecule has 0 aliphatic heterocycles. The van der Waals surface area contributed by atoms with Crippen molar-refractivity contribution < 1.29 is 14.3 Å². The lowest BCUT2D eigenvalue weighted by Crippen LogP contribution is -2.17. The highest BCUT2D eigenvalue weighted by molar-refractivity contribution is 5.49. The maximum Gasteiger partial charge on any atom is 0.293 e. The fourth-order valence-corrected chi connectivity index (χ4v) is 0.348. The highest BCUT2D eigenvalue weighted by Crippen LogP contribution is 2.02. The van der Waals surface area contributed by atoms with Crippen molar-refractivity contribution in [3.8, 4) is 0 Å². The first-order valence-corrected chi connectivity index (χ1v) is 4.17. The molecule has 0 amide bonds. The minimum absolute atomic E-state index is 0.318. The molecule has 0 saturated heterocycles. The molecular weight excluding hydrogens is 170 g/mol. The van der Waals surface area contributed by atoms with E-state index in [4.69, 9.17) is 0 Å². The minimum Gasteiger partial charge on any atom is -0.462 e. The summed E-state index contributed by atoms with van der Waals surface area (Å²) in [5.41, 5.74) is -0.318. The molecule has 0 rings (SSSR count). The number of carbonyl (C=O) groups is 2. The molecular formula is C9H19NO3. The molecule has 0 aromatic carbocycles. The molecule has 4 nitrogen and oxygen atoms in total. The summed E-state index contributed by atoms with van der Waals surface area (Å²) in [4.78, 5) is 19.1. The normalized spacial score (nSPS) is 9.54. The predicted molar refractivity (Wildman–Crippen MR) is 51.5 cm³/mol. The van der Waals surface area contributed by atoms with Crippen molar-refractivity contribution in [2.75, 3.05) is 13.6 Å². The fraction of sp³-hybridized carbons (Fsp3) is 0.778. The molecule has 0 heterocycles. The number of hydrogen-bond acceptors (Lipinski definition) is 4. The molecule has 0 aromatic heterocycles. The Bertz CT molecular complexity index is 129. The summed E-state index contributed by atoms with van der Waals surface area (Å²) < 4.78 is 4.55. The first-order chi connectivity index (χ1) is 5.97. The van der Waals surface area contributed by atoms with E-state index in [0.717, 1.165) is 12.8 Å². The quantitative estimate of drug-likeness (QED) is 0.524. The van der Waals surface area contributed by atoms with E-state index in [9.17, 15) is 9.59 Å². The van der Waals surface area contributed by atoms with Crippen LogP contribution in [-0.4, -0.2) is 32.0 Å². The summed E-state index contributed by atoms with van der Waals surface area (Å²) in [6.07, 6.45) is 1.52. The second-order valence-corrected chi connectivity index (χ2v) is 3.39. The van der Waals surface area contributed by atoms with Gasteiger partial charge in [0.05, 0.1) is 0 Å². The fourth-order valence-electron chi connectivity index (χ4n) is 0.348. The lowest BCUT2D eigenvalue weighted by atomic mass is 10.2. The monoisotopic (exact) mass is 189 g/mol. The van der Waals surface area contributed by atoms with Crippen LogP contribution in [0.15, 0.2) is 0 Å². The maximum atomic E-state index is 9.60. The molecule has 1 N–H and O–H groups in total. The molecule has 0 spiro atoms. The molecule has 0 aliphatic carbocycles. The SMILES string of the molecule is CC(C)(C)OC=O.CNCCC=O. The lowest BCUT2D eigenvalue weighted by molar-refractivity contribution is -0.138. The Labute approximate surface area is 79.7 Å². The minimum atomic E-state index is -0.318. The van der Waals surface area contributed by atoms with Gasteiger partial charge in [0.15, 0.2) is 0 Å². The van der Waals surface area contributed by atoms with Crippen LogP contribution in [0.2, 0.25) is 0 Å². The van der Waals surface area contributed by atoms with Crippen molar-refractivity contribution in [3.63, 3.8) is 0 Å². The Morgan fingerprint density at radius 2 is 1.85 bits per heavy atom. The number of hydrogen-bond donors (Lipinski definition) is 1. The Kier molecular flexibility index (Phi) is 10.3. The number of carbonyl (C=O) groups excluding carboxylic acids is 2. The van der Waals surface area contributed by atoms with Crippen LogP contribution in [0.5, 0.6) is 0 Å². The van der Waals surface area contributed by atoms with Crippen LogP contribution in [0.4, 0.5) is 0 Å². The molecule has 0 unspecified atom stereocenters. The third-order valence-corrected chi connectivity index (χ3v) is 0.914. The van der Waals surface area contributed by atoms with Crippen molar-refractivity contribution in [1.82, 2.24) is 5.32 Å². The van der Waals surface area contributed by atoms with E-state index in [1.807, 2.05) is 27.8 Å².